The van der Waals surface area contributed by atoms with E-state index in [2.05, 4.69) is 15.4 Å². The predicted molar refractivity (Wildman–Crippen MR) is 121 cm³/mol. The molecule has 1 rings (SSSR count). The number of hydrogen-bond donors (Lipinski definition) is 3. The Hall–Kier alpha value is -3.30. The van der Waals surface area contributed by atoms with Gasteiger partial charge in [-0.05, 0) is 32.8 Å². The van der Waals surface area contributed by atoms with Gasteiger partial charge in [0.2, 0.25) is 11.8 Å². The van der Waals surface area contributed by atoms with Crippen LogP contribution in [-0.2, 0) is 23.9 Å². The van der Waals surface area contributed by atoms with E-state index in [1.54, 1.807) is 39.8 Å². The normalized spacial score (nSPS) is 13.8. The van der Waals surface area contributed by atoms with Crippen LogP contribution in [-0.4, -0.2) is 66.2 Å². The lowest BCUT2D eigenvalue weighted by molar-refractivity contribution is -0.144. The summed E-state index contributed by atoms with van der Waals surface area (Å²) in [6.45, 7) is 8.37. The number of rotatable bonds is 9. The molecular formula is C23H35N3O7. The minimum Gasteiger partial charge on any atom is -0.508 e. The Morgan fingerprint density at radius 1 is 1.15 bits per heavy atom. The van der Waals surface area contributed by atoms with Gasteiger partial charge >= 0.3 is 12.1 Å². The SMILES string of the molecule is CCC(C)C(NC(=O)OC(C)(C)C)C(=O)N(C)C(C(=O)NCC(=O)OC)c1ccccc1O. The number of hydrogen-bond acceptors (Lipinski definition) is 7. The summed E-state index contributed by atoms with van der Waals surface area (Å²) in [6.07, 6.45) is -0.195. The lowest BCUT2D eigenvalue weighted by Crippen LogP contribution is -2.54. The van der Waals surface area contributed by atoms with Gasteiger partial charge in [0.05, 0.1) is 7.11 Å². The number of alkyl carbamates (subject to hydrolysis) is 1. The third-order valence-corrected chi connectivity index (χ3v) is 5.00. The number of nitrogens with zero attached hydrogens (tertiary/aromatic N) is 1. The molecule has 3 amide bonds. The van der Waals surface area contributed by atoms with Crippen LogP contribution in [0.15, 0.2) is 24.3 Å². The zero-order valence-electron chi connectivity index (χ0n) is 20.3. The first-order chi connectivity index (χ1) is 15.3. The van der Waals surface area contributed by atoms with Crippen molar-refractivity contribution >= 4 is 23.9 Å². The predicted octanol–water partition coefficient (Wildman–Crippen LogP) is 2.12. The number of methoxy groups -OCH3 is 1. The lowest BCUT2D eigenvalue weighted by atomic mass is 9.96. The van der Waals surface area contributed by atoms with E-state index in [4.69, 9.17) is 4.74 Å². The first kappa shape index (κ1) is 27.7. The molecule has 0 heterocycles. The van der Waals surface area contributed by atoms with Crippen molar-refractivity contribution in [3.05, 3.63) is 29.8 Å². The summed E-state index contributed by atoms with van der Waals surface area (Å²) in [5, 5.41) is 15.4. The van der Waals surface area contributed by atoms with E-state index in [-0.39, 0.29) is 17.2 Å². The molecule has 0 saturated heterocycles. The number of para-hydroxylation sites is 1. The quantitative estimate of drug-likeness (QED) is 0.476. The third-order valence-electron chi connectivity index (χ3n) is 5.00. The molecule has 3 unspecified atom stereocenters. The van der Waals surface area contributed by atoms with Crippen LogP contribution in [0, 0.1) is 5.92 Å². The van der Waals surface area contributed by atoms with Gasteiger partial charge in [-0.25, -0.2) is 4.79 Å². The second-order valence-electron chi connectivity index (χ2n) is 8.71. The molecule has 0 aliphatic rings. The van der Waals surface area contributed by atoms with E-state index in [1.165, 1.54) is 26.3 Å². The van der Waals surface area contributed by atoms with Crippen molar-refractivity contribution in [1.82, 2.24) is 15.5 Å². The van der Waals surface area contributed by atoms with Crippen LogP contribution in [0.4, 0.5) is 4.79 Å². The Bertz CT molecular complexity index is 851. The maximum absolute atomic E-state index is 13.5. The molecule has 33 heavy (non-hydrogen) atoms. The zero-order valence-corrected chi connectivity index (χ0v) is 20.3. The summed E-state index contributed by atoms with van der Waals surface area (Å²) in [5.41, 5.74) is -0.596. The molecule has 10 nitrogen and oxygen atoms in total. The van der Waals surface area contributed by atoms with Gasteiger partial charge in [0.1, 0.15) is 30.0 Å². The fraction of sp³-hybridized carbons (Fsp3) is 0.565. The average molecular weight is 466 g/mol. The van der Waals surface area contributed by atoms with Crippen LogP contribution in [0.1, 0.15) is 52.6 Å². The van der Waals surface area contributed by atoms with Crippen molar-refractivity contribution in [3.8, 4) is 5.75 Å². The number of carbonyl (C=O) groups is 4. The summed E-state index contributed by atoms with van der Waals surface area (Å²) < 4.78 is 9.83. The van der Waals surface area contributed by atoms with Gasteiger partial charge in [0.15, 0.2) is 0 Å². The number of phenolic OH excluding ortho intramolecular Hbond substituents is 1. The van der Waals surface area contributed by atoms with Crippen LogP contribution in [0.2, 0.25) is 0 Å². The number of esters is 1. The summed E-state index contributed by atoms with van der Waals surface area (Å²) in [5.74, 6) is -2.40. The Morgan fingerprint density at radius 2 is 1.76 bits per heavy atom. The molecule has 10 heteroatoms. The Morgan fingerprint density at radius 3 is 2.27 bits per heavy atom. The van der Waals surface area contributed by atoms with Crippen molar-refractivity contribution in [2.45, 2.75) is 58.7 Å². The molecule has 184 valence electrons. The van der Waals surface area contributed by atoms with Gasteiger partial charge in [0.25, 0.3) is 0 Å². The second-order valence-corrected chi connectivity index (χ2v) is 8.71. The Labute approximate surface area is 194 Å². The van der Waals surface area contributed by atoms with E-state index >= 15 is 0 Å². The van der Waals surface area contributed by atoms with Gasteiger partial charge in [0, 0.05) is 12.6 Å². The van der Waals surface area contributed by atoms with Gasteiger partial charge in [-0.3, -0.25) is 14.4 Å². The van der Waals surface area contributed by atoms with E-state index in [0.29, 0.717) is 6.42 Å². The highest BCUT2D eigenvalue weighted by Crippen LogP contribution is 2.29. The van der Waals surface area contributed by atoms with Crippen molar-refractivity contribution in [1.29, 1.82) is 0 Å². The Balaban J connectivity index is 3.28. The van der Waals surface area contributed by atoms with Gasteiger partial charge in [-0.1, -0.05) is 38.5 Å². The second kappa shape index (κ2) is 12.1. The number of nitrogens with one attached hydrogen (secondary N) is 2. The smallest absolute Gasteiger partial charge is 0.408 e. The van der Waals surface area contributed by atoms with Crippen LogP contribution in [0.25, 0.3) is 0 Å². The monoisotopic (exact) mass is 465 g/mol. The molecule has 0 aliphatic heterocycles. The van der Waals surface area contributed by atoms with Gasteiger partial charge < -0.3 is 30.1 Å². The number of benzene rings is 1. The maximum Gasteiger partial charge on any atom is 0.408 e. The van der Waals surface area contributed by atoms with Crippen molar-refractivity contribution in [2.75, 3.05) is 20.7 Å². The topological polar surface area (TPSA) is 134 Å². The molecule has 0 radical (unpaired) electrons. The van der Waals surface area contributed by atoms with Crippen molar-refractivity contribution < 1.29 is 33.8 Å². The summed E-state index contributed by atoms with van der Waals surface area (Å²) in [4.78, 5) is 51.5. The number of carbonyl (C=O) groups excluding carboxylic acids is 4. The highest BCUT2D eigenvalue weighted by atomic mass is 16.6. The zero-order chi connectivity index (χ0) is 25.3. The minimum absolute atomic E-state index is 0.163. The molecule has 0 fully saturated rings. The van der Waals surface area contributed by atoms with Crippen molar-refractivity contribution in [3.63, 3.8) is 0 Å². The summed E-state index contributed by atoms with van der Waals surface area (Å²) in [6, 6.07) is 3.82. The number of ether oxygens (including phenoxy) is 2. The first-order valence-corrected chi connectivity index (χ1v) is 10.7. The Kier molecular flexibility index (Phi) is 10.2. The molecule has 0 bridgehead atoms. The number of amides is 3. The average Bonchev–Trinajstić information content (AvgIpc) is 2.74. The minimum atomic E-state index is -1.27. The summed E-state index contributed by atoms with van der Waals surface area (Å²) in [7, 11) is 2.58. The molecule has 3 atom stereocenters. The van der Waals surface area contributed by atoms with Crippen LogP contribution < -0.4 is 10.6 Å². The van der Waals surface area contributed by atoms with E-state index < -0.39 is 48.1 Å². The lowest BCUT2D eigenvalue weighted by Gasteiger charge is -2.33. The largest absolute Gasteiger partial charge is 0.508 e. The number of likely N-dealkylation sites (N-methyl/N-ethyl adjacent to an activating group) is 1. The molecule has 1 aromatic rings. The van der Waals surface area contributed by atoms with Crippen LogP contribution in [0.3, 0.4) is 0 Å². The van der Waals surface area contributed by atoms with E-state index in [0.717, 1.165) is 4.90 Å². The van der Waals surface area contributed by atoms with Crippen molar-refractivity contribution in [2.24, 2.45) is 5.92 Å². The molecule has 0 spiro atoms. The number of phenols is 1. The summed E-state index contributed by atoms with van der Waals surface area (Å²) >= 11 is 0. The first-order valence-electron chi connectivity index (χ1n) is 10.7. The number of aromatic hydroxyl groups is 1. The maximum atomic E-state index is 13.5. The third kappa shape index (κ3) is 8.28. The van der Waals surface area contributed by atoms with Gasteiger partial charge in [-0.2, -0.15) is 0 Å². The molecule has 1 aromatic carbocycles. The van der Waals surface area contributed by atoms with Crippen LogP contribution >= 0.6 is 0 Å². The fourth-order valence-corrected chi connectivity index (χ4v) is 3.04. The fourth-order valence-electron chi connectivity index (χ4n) is 3.04. The van der Waals surface area contributed by atoms with Crippen LogP contribution in [0.5, 0.6) is 5.75 Å². The molecule has 0 aromatic heterocycles. The molecule has 3 N–H and O–H groups in total. The van der Waals surface area contributed by atoms with E-state index in [1.807, 2.05) is 6.92 Å². The highest BCUT2D eigenvalue weighted by molar-refractivity contribution is 5.93. The molecular weight excluding hydrogens is 430 g/mol. The highest BCUT2D eigenvalue weighted by Gasteiger charge is 2.37. The van der Waals surface area contributed by atoms with Gasteiger partial charge in [-0.15, -0.1) is 0 Å². The van der Waals surface area contributed by atoms with E-state index in [9.17, 15) is 24.3 Å². The standard InChI is InChI=1S/C23H35N3O7/c1-8-14(2)18(25-22(31)33-23(3,4)5)21(30)26(6)19(15-11-9-10-12-16(15)27)20(29)24-13-17(28)32-7/h9-12,14,18-19,27H,8,13H2,1-7H3,(H,24,29)(H,25,31). The molecule has 0 saturated carbocycles. The molecule has 0 aliphatic carbocycles.